The van der Waals surface area contributed by atoms with Gasteiger partial charge in [-0.1, -0.05) is 20.8 Å². The molecular formula is C16H22N2O. The maximum absolute atomic E-state index is 5.57. The van der Waals surface area contributed by atoms with E-state index in [1.807, 2.05) is 12.4 Å². The van der Waals surface area contributed by atoms with Crippen LogP contribution in [0.4, 0.5) is 0 Å². The van der Waals surface area contributed by atoms with Gasteiger partial charge in [0, 0.05) is 36.3 Å². The van der Waals surface area contributed by atoms with E-state index in [-0.39, 0.29) is 6.04 Å². The first-order chi connectivity index (χ1) is 9.27. The van der Waals surface area contributed by atoms with Crippen molar-refractivity contribution in [1.29, 1.82) is 0 Å². The van der Waals surface area contributed by atoms with Gasteiger partial charge in [-0.05, 0) is 30.3 Å². The van der Waals surface area contributed by atoms with Crippen LogP contribution >= 0.6 is 0 Å². The maximum Gasteiger partial charge on any atom is 0.108 e. The van der Waals surface area contributed by atoms with Gasteiger partial charge in [-0.2, -0.15) is 0 Å². The quantitative estimate of drug-likeness (QED) is 0.858. The minimum atomic E-state index is 0.279. The molecule has 2 unspecified atom stereocenters. The van der Waals surface area contributed by atoms with Crippen LogP contribution in [0.3, 0.4) is 0 Å². The zero-order valence-corrected chi connectivity index (χ0v) is 11.9. The summed E-state index contributed by atoms with van der Waals surface area (Å²) in [5, 5.41) is 3.58. The van der Waals surface area contributed by atoms with Crippen LogP contribution < -0.4 is 5.32 Å². The highest BCUT2D eigenvalue weighted by atomic mass is 16.3. The Morgan fingerprint density at radius 2 is 1.95 bits per heavy atom. The molecule has 1 N–H and O–H groups in total. The Balaban J connectivity index is 2.30. The second-order valence-electron chi connectivity index (χ2n) is 4.76. The van der Waals surface area contributed by atoms with E-state index >= 15 is 0 Å². The van der Waals surface area contributed by atoms with E-state index in [2.05, 4.69) is 49.3 Å². The van der Waals surface area contributed by atoms with Crippen LogP contribution in [0.2, 0.25) is 0 Å². The monoisotopic (exact) mass is 258 g/mol. The second-order valence-corrected chi connectivity index (χ2v) is 4.76. The lowest BCUT2D eigenvalue weighted by atomic mass is 9.88. The number of pyridine rings is 1. The molecule has 0 spiro atoms. The van der Waals surface area contributed by atoms with Crippen LogP contribution in [0.25, 0.3) is 0 Å². The van der Waals surface area contributed by atoms with Crippen molar-refractivity contribution in [1.82, 2.24) is 10.3 Å². The topological polar surface area (TPSA) is 38.1 Å². The number of rotatable bonds is 6. The molecule has 0 bridgehead atoms. The van der Waals surface area contributed by atoms with Gasteiger partial charge in [-0.3, -0.25) is 4.98 Å². The Morgan fingerprint density at radius 1 is 1.21 bits per heavy atom. The Morgan fingerprint density at radius 3 is 2.58 bits per heavy atom. The van der Waals surface area contributed by atoms with Crippen LogP contribution in [0.15, 0.2) is 41.3 Å². The predicted molar refractivity (Wildman–Crippen MR) is 77.2 cm³/mol. The lowest BCUT2D eigenvalue weighted by molar-refractivity contribution is 0.453. The summed E-state index contributed by atoms with van der Waals surface area (Å²) < 4.78 is 5.57. The summed E-state index contributed by atoms with van der Waals surface area (Å²) in [6.07, 6.45) is 6.42. The molecule has 0 aliphatic rings. The van der Waals surface area contributed by atoms with Crippen molar-refractivity contribution in [3.05, 3.63) is 53.7 Å². The van der Waals surface area contributed by atoms with Crippen molar-refractivity contribution in [3.63, 3.8) is 0 Å². The number of likely N-dealkylation sites (N-methyl/N-ethyl adjacent to an activating group) is 1. The molecule has 2 heterocycles. The standard InChI is InChI=1S/C16H22N2O/c1-4-15-14(8-11-19-15)16(18-5-2)12(3)13-6-9-17-10-7-13/h6-12,16,18H,4-5H2,1-3H3. The third-order valence-corrected chi connectivity index (χ3v) is 3.59. The first-order valence-electron chi connectivity index (χ1n) is 6.97. The number of furan rings is 1. The number of aryl methyl sites for hydroxylation is 1. The largest absolute Gasteiger partial charge is 0.469 e. The highest BCUT2D eigenvalue weighted by Crippen LogP contribution is 2.32. The van der Waals surface area contributed by atoms with E-state index < -0.39 is 0 Å². The molecule has 2 aromatic heterocycles. The number of hydrogen-bond donors (Lipinski definition) is 1. The van der Waals surface area contributed by atoms with Crippen molar-refractivity contribution in [2.24, 2.45) is 0 Å². The van der Waals surface area contributed by atoms with Gasteiger partial charge in [-0.25, -0.2) is 0 Å². The average Bonchev–Trinajstić information content (AvgIpc) is 2.93. The molecule has 3 nitrogen and oxygen atoms in total. The van der Waals surface area contributed by atoms with E-state index in [1.54, 1.807) is 6.26 Å². The van der Waals surface area contributed by atoms with Gasteiger partial charge in [0.1, 0.15) is 5.76 Å². The van der Waals surface area contributed by atoms with Crippen molar-refractivity contribution < 1.29 is 4.42 Å². The van der Waals surface area contributed by atoms with E-state index in [9.17, 15) is 0 Å². The molecule has 2 atom stereocenters. The smallest absolute Gasteiger partial charge is 0.108 e. The summed E-state index contributed by atoms with van der Waals surface area (Å²) >= 11 is 0. The van der Waals surface area contributed by atoms with Gasteiger partial charge in [0.05, 0.1) is 6.26 Å². The highest BCUT2D eigenvalue weighted by Gasteiger charge is 2.23. The van der Waals surface area contributed by atoms with Gasteiger partial charge in [-0.15, -0.1) is 0 Å². The highest BCUT2D eigenvalue weighted by molar-refractivity contribution is 5.28. The summed E-state index contributed by atoms with van der Waals surface area (Å²) in [6.45, 7) is 7.45. The summed E-state index contributed by atoms with van der Waals surface area (Å²) in [5.74, 6) is 1.46. The van der Waals surface area contributed by atoms with E-state index in [0.717, 1.165) is 18.7 Å². The van der Waals surface area contributed by atoms with Gasteiger partial charge in [0.25, 0.3) is 0 Å². The van der Waals surface area contributed by atoms with Crippen LogP contribution in [0, 0.1) is 0 Å². The van der Waals surface area contributed by atoms with Crippen LogP contribution in [0.1, 0.15) is 49.6 Å². The maximum atomic E-state index is 5.57. The minimum Gasteiger partial charge on any atom is -0.469 e. The van der Waals surface area contributed by atoms with Gasteiger partial charge < -0.3 is 9.73 Å². The predicted octanol–water partition coefficient (Wildman–Crippen LogP) is 3.69. The second kappa shape index (κ2) is 6.53. The lowest BCUT2D eigenvalue weighted by Gasteiger charge is -2.25. The van der Waals surface area contributed by atoms with Crippen LogP contribution in [-0.4, -0.2) is 11.5 Å². The van der Waals surface area contributed by atoms with Gasteiger partial charge >= 0.3 is 0 Å². The number of aromatic nitrogens is 1. The first-order valence-corrected chi connectivity index (χ1v) is 6.97. The molecule has 3 heteroatoms. The Bertz CT molecular complexity index is 492. The molecular weight excluding hydrogens is 236 g/mol. The SMILES string of the molecule is CCNC(c1ccoc1CC)C(C)c1ccncc1. The van der Waals surface area contributed by atoms with Crippen molar-refractivity contribution in [2.75, 3.05) is 6.54 Å². The normalized spacial score (nSPS) is 14.3. The molecule has 2 aromatic rings. The zero-order valence-electron chi connectivity index (χ0n) is 11.9. The number of hydrogen-bond acceptors (Lipinski definition) is 3. The molecule has 0 aliphatic carbocycles. The van der Waals surface area contributed by atoms with Gasteiger partial charge in [0.2, 0.25) is 0 Å². The number of nitrogens with one attached hydrogen (secondary N) is 1. The molecule has 102 valence electrons. The average molecular weight is 258 g/mol. The molecule has 0 amide bonds. The summed E-state index contributed by atoms with van der Waals surface area (Å²) in [5.41, 5.74) is 2.57. The number of nitrogens with zero attached hydrogens (tertiary/aromatic N) is 1. The Kier molecular flexibility index (Phi) is 4.74. The van der Waals surface area contributed by atoms with E-state index in [4.69, 9.17) is 4.42 Å². The van der Waals surface area contributed by atoms with E-state index in [0.29, 0.717) is 5.92 Å². The fraction of sp³-hybridized carbons (Fsp3) is 0.438. The van der Waals surface area contributed by atoms with Crippen molar-refractivity contribution in [2.45, 2.75) is 39.2 Å². The lowest BCUT2D eigenvalue weighted by Crippen LogP contribution is -2.26. The molecule has 0 saturated heterocycles. The fourth-order valence-corrected chi connectivity index (χ4v) is 2.55. The molecule has 0 radical (unpaired) electrons. The van der Waals surface area contributed by atoms with Crippen molar-refractivity contribution >= 4 is 0 Å². The van der Waals surface area contributed by atoms with Crippen LogP contribution in [0.5, 0.6) is 0 Å². The molecule has 0 saturated carbocycles. The molecule has 0 aliphatic heterocycles. The first kappa shape index (κ1) is 13.8. The Labute approximate surface area is 115 Å². The zero-order chi connectivity index (χ0) is 13.7. The minimum absolute atomic E-state index is 0.279. The summed E-state index contributed by atoms with van der Waals surface area (Å²) in [7, 11) is 0. The Hall–Kier alpha value is -1.61. The van der Waals surface area contributed by atoms with Crippen LogP contribution in [-0.2, 0) is 6.42 Å². The molecule has 2 rings (SSSR count). The summed E-state index contributed by atoms with van der Waals surface area (Å²) in [6, 6.07) is 6.53. The molecule has 19 heavy (non-hydrogen) atoms. The molecule has 0 fully saturated rings. The van der Waals surface area contributed by atoms with E-state index in [1.165, 1.54) is 11.1 Å². The van der Waals surface area contributed by atoms with Crippen molar-refractivity contribution in [3.8, 4) is 0 Å². The third kappa shape index (κ3) is 3.04. The molecule has 0 aromatic carbocycles. The van der Waals surface area contributed by atoms with Gasteiger partial charge in [0.15, 0.2) is 0 Å². The third-order valence-electron chi connectivity index (χ3n) is 3.59. The fourth-order valence-electron chi connectivity index (χ4n) is 2.55. The summed E-state index contributed by atoms with van der Waals surface area (Å²) in [4.78, 5) is 4.09.